The van der Waals surface area contributed by atoms with Crippen molar-refractivity contribution in [2.75, 3.05) is 23.9 Å². The molecule has 0 aromatic heterocycles. The highest BCUT2D eigenvalue weighted by molar-refractivity contribution is 8.27. The molecular weight excluding hydrogens is 487 g/mol. The van der Waals surface area contributed by atoms with Crippen LogP contribution in [0.25, 0.3) is 6.08 Å². The quantitative estimate of drug-likeness (QED) is 0.333. The number of ether oxygens (including phenoxy) is 2. The summed E-state index contributed by atoms with van der Waals surface area (Å²) >= 11 is 6.47. The molecule has 1 heterocycles. The molecule has 9 heteroatoms. The lowest BCUT2D eigenvalue weighted by Gasteiger charge is -2.14. The van der Waals surface area contributed by atoms with Gasteiger partial charge in [-0.25, -0.2) is 4.39 Å². The number of aryl methyl sites for hydroxylation is 1. The van der Waals surface area contributed by atoms with Crippen LogP contribution in [0.5, 0.6) is 11.5 Å². The highest BCUT2D eigenvalue weighted by atomic mass is 32.2. The van der Waals surface area contributed by atoms with E-state index < -0.39 is 5.82 Å². The molecule has 1 fully saturated rings. The molecule has 1 N–H and O–H groups in total. The zero-order valence-corrected chi connectivity index (χ0v) is 20.5. The molecule has 0 atom stereocenters. The second-order valence-electron chi connectivity index (χ2n) is 7.61. The fourth-order valence-electron chi connectivity index (χ4n) is 3.33. The molecule has 1 saturated heterocycles. The number of thioether (sulfide) groups is 1. The van der Waals surface area contributed by atoms with Gasteiger partial charge in [0.1, 0.15) is 5.82 Å². The molecule has 4 rings (SSSR count). The normalized spacial score (nSPS) is 14.4. The second kappa shape index (κ2) is 10.7. The molecule has 0 bridgehead atoms. The molecule has 6 nitrogen and oxygen atoms in total. The number of hydrogen-bond donors (Lipinski definition) is 1. The van der Waals surface area contributed by atoms with Gasteiger partial charge >= 0.3 is 0 Å². The van der Waals surface area contributed by atoms with Crippen LogP contribution >= 0.6 is 24.0 Å². The lowest BCUT2D eigenvalue weighted by molar-refractivity contribution is -0.118. The topological polar surface area (TPSA) is 67.9 Å². The summed E-state index contributed by atoms with van der Waals surface area (Å²) in [6.45, 7) is 1.77. The van der Waals surface area contributed by atoms with E-state index in [1.807, 2.05) is 31.2 Å². The van der Waals surface area contributed by atoms with Crippen molar-refractivity contribution in [3.05, 3.63) is 88.6 Å². The summed E-state index contributed by atoms with van der Waals surface area (Å²) in [5, 5.41) is 2.77. The molecule has 3 aromatic rings. The van der Waals surface area contributed by atoms with E-state index in [0.29, 0.717) is 37.7 Å². The Bertz CT molecular complexity index is 1330. The van der Waals surface area contributed by atoms with Crippen molar-refractivity contribution in [3.63, 3.8) is 0 Å². The zero-order valence-electron chi connectivity index (χ0n) is 18.9. The van der Waals surface area contributed by atoms with Crippen LogP contribution in [-0.4, -0.2) is 29.9 Å². The smallest absolute Gasteiger partial charge is 0.270 e. The molecule has 0 unspecified atom stereocenters. The molecule has 1 aliphatic rings. The van der Waals surface area contributed by atoms with Crippen molar-refractivity contribution in [2.24, 2.45) is 0 Å². The molecule has 0 aliphatic carbocycles. The first-order valence-corrected chi connectivity index (χ1v) is 11.8. The molecule has 3 aromatic carbocycles. The number of methoxy groups -OCH3 is 1. The largest absolute Gasteiger partial charge is 0.493 e. The Labute approximate surface area is 211 Å². The molecule has 0 saturated carbocycles. The van der Waals surface area contributed by atoms with Gasteiger partial charge in [0.15, 0.2) is 22.4 Å². The van der Waals surface area contributed by atoms with Crippen LogP contribution in [0.3, 0.4) is 0 Å². The van der Waals surface area contributed by atoms with E-state index in [-0.39, 0.29) is 18.4 Å². The van der Waals surface area contributed by atoms with Gasteiger partial charge in [0, 0.05) is 5.69 Å². The average molecular weight is 509 g/mol. The van der Waals surface area contributed by atoms with Crippen molar-refractivity contribution >= 4 is 57.6 Å². The van der Waals surface area contributed by atoms with Crippen molar-refractivity contribution in [3.8, 4) is 11.5 Å². The van der Waals surface area contributed by atoms with Gasteiger partial charge < -0.3 is 14.8 Å². The van der Waals surface area contributed by atoms with Gasteiger partial charge in [-0.15, -0.1) is 0 Å². The van der Waals surface area contributed by atoms with Crippen molar-refractivity contribution in [2.45, 2.75) is 6.92 Å². The first kappa shape index (κ1) is 24.4. The van der Waals surface area contributed by atoms with Crippen molar-refractivity contribution in [1.29, 1.82) is 0 Å². The van der Waals surface area contributed by atoms with E-state index in [0.717, 1.165) is 17.3 Å². The van der Waals surface area contributed by atoms with Gasteiger partial charge in [-0.1, -0.05) is 53.8 Å². The maximum Gasteiger partial charge on any atom is 0.270 e. The molecule has 0 radical (unpaired) electrons. The van der Waals surface area contributed by atoms with E-state index in [9.17, 15) is 14.0 Å². The highest BCUT2D eigenvalue weighted by Crippen LogP contribution is 2.37. The third-order valence-corrected chi connectivity index (χ3v) is 6.34. The monoisotopic (exact) mass is 508 g/mol. The van der Waals surface area contributed by atoms with Crippen LogP contribution < -0.4 is 19.7 Å². The fourth-order valence-corrected chi connectivity index (χ4v) is 4.63. The van der Waals surface area contributed by atoms with Crippen LogP contribution in [0.2, 0.25) is 0 Å². The number of carbonyl (C=O) groups is 2. The number of hydrogen-bond acceptors (Lipinski definition) is 6. The summed E-state index contributed by atoms with van der Waals surface area (Å²) in [5.41, 5.74) is 2.83. The number of nitrogens with one attached hydrogen (secondary N) is 1. The fraction of sp³-hybridized carbons (Fsp3) is 0.115. The molecule has 0 spiro atoms. The van der Waals surface area contributed by atoms with Gasteiger partial charge in [-0.3, -0.25) is 14.5 Å². The van der Waals surface area contributed by atoms with Crippen LogP contribution in [-0.2, 0) is 9.59 Å². The van der Waals surface area contributed by atoms with Gasteiger partial charge in [0.25, 0.3) is 11.8 Å². The third kappa shape index (κ3) is 5.87. The Balaban J connectivity index is 1.45. The third-order valence-electron chi connectivity index (χ3n) is 5.04. The van der Waals surface area contributed by atoms with Crippen LogP contribution in [0, 0.1) is 12.7 Å². The average Bonchev–Trinajstić information content (AvgIpc) is 3.12. The van der Waals surface area contributed by atoms with Gasteiger partial charge in [0.2, 0.25) is 0 Å². The Morgan fingerprint density at radius 2 is 1.89 bits per heavy atom. The first-order valence-electron chi connectivity index (χ1n) is 10.5. The molecule has 178 valence electrons. The van der Waals surface area contributed by atoms with Gasteiger partial charge in [-0.2, -0.15) is 0 Å². The molecular formula is C26H21FN2O4S2. The van der Waals surface area contributed by atoms with Crippen LogP contribution in [0.1, 0.15) is 11.1 Å². The maximum atomic E-state index is 13.6. The lowest BCUT2D eigenvalue weighted by atomic mass is 10.1. The Hall–Kier alpha value is -3.69. The van der Waals surface area contributed by atoms with E-state index >= 15 is 0 Å². The number of rotatable bonds is 7. The van der Waals surface area contributed by atoms with E-state index in [1.54, 1.807) is 30.3 Å². The van der Waals surface area contributed by atoms with Crippen LogP contribution in [0.4, 0.5) is 15.8 Å². The first-order chi connectivity index (χ1) is 16.8. The van der Waals surface area contributed by atoms with Crippen molar-refractivity contribution < 1.29 is 23.5 Å². The van der Waals surface area contributed by atoms with E-state index in [1.165, 1.54) is 30.2 Å². The lowest BCUT2D eigenvalue weighted by Crippen LogP contribution is -2.27. The number of amides is 2. The van der Waals surface area contributed by atoms with Crippen LogP contribution in [0.15, 0.2) is 71.6 Å². The molecule has 1 aliphatic heterocycles. The standard InChI is InChI=1S/C26H21FN2O4S2/c1-16-6-9-19(10-7-16)28-24(30)15-33-21-11-8-17(12-22(21)32-2)13-23-25(31)29(26(34)35-23)20-5-3-4-18(27)14-20/h3-14H,15H2,1-2H3,(H,28,30)/b23-13-. The predicted octanol–water partition coefficient (Wildman–Crippen LogP) is 5.57. The number of anilines is 2. The minimum absolute atomic E-state index is 0.199. The summed E-state index contributed by atoms with van der Waals surface area (Å²) in [7, 11) is 1.49. The number of thiocarbonyl (C=S) groups is 1. The SMILES string of the molecule is COc1cc(/C=C2\SC(=S)N(c3cccc(F)c3)C2=O)ccc1OCC(=O)Nc1ccc(C)cc1. The minimum Gasteiger partial charge on any atom is -0.493 e. The second-order valence-corrected chi connectivity index (χ2v) is 9.29. The number of carbonyl (C=O) groups excluding carboxylic acids is 2. The number of halogens is 1. The Morgan fingerprint density at radius 3 is 2.60 bits per heavy atom. The Morgan fingerprint density at radius 1 is 1.11 bits per heavy atom. The van der Waals surface area contributed by atoms with Gasteiger partial charge in [0.05, 0.1) is 17.7 Å². The minimum atomic E-state index is -0.451. The summed E-state index contributed by atoms with van der Waals surface area (Å²) in [6.07, 6.45) is 1.68. The van der Waals surface area contributed by atoms with Crippen molar-refractivity contribution in [1.82, 2.24) is 0 Å². The highest BCUT2D eigenvalue weighted by Gasteiger charge is 2.33. The summed E-state index contributed by atoms with van der Waals surface area (Å²) in [5.74, 6) is -0.300. The summed E-state index contributed by atoms with van der Waals surface area (Å²) < 4.78 is 25.0. The summed E-state index contributed by atoms with van der Waals surface area (Å²) in [6, 6.07) is 18.3. The maximum absolute atomic E-state index is 13.6. The van der Waals surface area contributed by atoms with E-state index in [4.69, 9.17) is 21.7 Å². The molecule has 2 amide bonds. The summed E-state index contributed by atoms with van der Waals surface area (Å²) in [4.78, 5) is 26.9. The number of nitrogens with zero attached hydrogens (tertiary/aromatic N) is 1. The zero-order chi connectivity index (χ0) is 24.9. The molecule has 35 heavy (non-hydrogen) atoms. The number of benzene rings is 3. The van der Waals surface area contributed by atoms with Gasteiger partial charge in [-0.05, 0) is 61.0 Å². The predicted molar refractivity (Wildman–Crippen MR) is 140 cm³/mol. The Kier molecular flexibility index (Phi) is 7.48. The van der Waals surface area contributed by atoms with E-state index in [2.05, 4.69) is 5.32 Å².